The Labute approximate surface area is 161 Å². The van der Waals surface area contributed by atoms with Crippen molar-refractivity contribution in [1.82, 2.24) is 15.2 Å². The van der Waals surface area contributed by atoms with Crippen LogP contribution in [0.25, 0.3) is 0 Å². The number of thiazole rings is 1. The van der Waals surface area contributed by atoms with Gasteiger partial charge >= 0.3 is 6.03 Å². The van der Waals surface area contributed by atoms with Crippen LogP contribution in [0.3, 0.4) is 0 Å². The average molecular weight is 390 g/mol. The van der Waals surface area contributed by atoms with E-state index in [1.54, 1.807) is 19.1 Å². The minimum absolute atomic E-state index is 0.134. The number of benzene rings is 1. The highest BCUT2D eigenvalue weighted by Crippen LogP contribution is 2.29. The van der Waals surface area contributed by atoms with E-state index in [0.717, 1.165) is 16.1 Å². The molecular weight excluding hydrogens is 368 g/mol. The normalized spacial score (nSPS) is 12.9. The van der Waals surface area contributed by atoms with Crippen molar-refractivity contribution in [3.8, 4) is 11.5 Å². The molecule has 0 atom stereocenters. The van der Waals surface area contributed by atoms with Gasteiger partial charge in [-0.1, -0.05) is 17.4 Å². The summed E-state index contributed by atoms with van der Waals surface area (Å²) in [6.07, 6.45) is 0.676. The standard InChI is InChI=1S/C18H22N4O4S/c1-11(23)20-17-21-13-6-7-22(10-16(13)27-17)18(24)19-9-12-4-5-14(25-2)15(8-12)26-3/h4-5,8H,6-7,9-10H2,1-3H3,(H,19,24)(H,20,21,23). The van der Waals surface area contributed by atoms with Gasteiger partial charge in [-0.2, -0.15) is 0 Å². The van der Waals surface area contributed by atoms with Crippen molar-refractivity contribution in [2.24, 2.45) is 0 Å². The number of methoxy groups -OCH3 is 2. The van der Waals surface area contributed by atoms with Crippen LogP contribution in [0.2, 0.25) is 0 Å². The highest BCUT2D eigenvalue weighted by molar-refractivity contribution is 7.15. The molecule has 27 heavy (non-hydrogen) atoms. The van der Waals surface area contributed by atoms with Gasteiger partial charge in [0.2, 0.25) is 5.91 Å². The van der Waals surface area contributed by atoms with Gasteiger partial charge in [-0.25, -0.2) is 9.78 Å². The molecule has 3 rings (SSSR count). The van der Waals surface area contributed by atoms with E-state index in [0.29, 0.717) is 42.7 Å². The predicted octanol–water partition coefficient (Wildman–Crippen LogP) is 2.39. The van der Waals surface area contributed by atoms with Gasteiger partial charge in [0.05, 0.1) is 26.5 Å². The van der Waals surface area contributed by atoms with Gasteiger partial charge in [-0.15, -0.1) is 0 Å². The average Bonchev–Trinajstić information content (AvgIpc) is 3.06. The minimum Gasteiger partial charge on any atom is -0.493 e. The summed E-state index contributed by atoms with van der Waals surface area (Å²) in [6, 6.07) is 5.41. The number of amides is 3. The fourth-order valence-corrected chi connectivity index (χ4v) is 3.92. The van der Waals surface area contributed by atoms with Crippen molar-refractivity contribution < 1.29 is 19.1 Å². The van der Waals surface area contributed by atoms with Crippen LogP contribution in [0.5, 0.6) is 11.5 Å². The van der Waals surface area contributed by atoms with E-state index in [-0.39, 0.29) is 11.9 Å². The molecule has 0 saturated heterocycles. The zero-order valence-corrected chi connectivity index (χ0v) is 16.3. The van der Waals surface area contributed by atoms with Crippen molar-refractivity contribution in [1.29, 1.82) is 0 Å². The first-order chi connectivity index (χ1) is 13.0. The Morgan fingerprint density at radius 1 is 1.26 bits per heavy atom. The Morgan fingerprint density at radius 3 is 2.74 bits per heavy atom. The van der Waals surface area contributed by atoms with Gasteiger partial charge in [-0.05, 0) is 17.7 Å². The number of aromatic nitrogens is 1. The van der Waals surface area contributed by atoms with Crippen molar-refractivity contribution in [3.63, 3.8) is 0 Å². The van der Waals surface area contributed by atoms with Gasteiger partial charge in [0.25, 0.3) is 0 Å². The number of urea groups is 1. The van der Waals surface area contributed by atoms with Crippen LogP contribution in [0.4, 0.5) is 9.93 Å². The number of rotatable bonds is 5. The van der Waals surface area contributed by atoms with Crippen molar-refractivity contribution in [2.75, 3.05) is 26.1 Å². The summed E-state index contributed by atoms with van der Waals surface area (Å²) in [4.78, 5) is 30.9. The largest absolute Gasteiger partial charge is 0.493 e. The molecule has 2 N–H and O–H groups in total. The van der Waals surface area contributed by atoms with Crippen molar-refractivity contribution in [2.45, 2.75) is 26.4 Å². The minimum atomic E-state index is -0.148. The predicted molar refractivity (Wildman–Crippen MR) is 102 cm³/mol. The Bertz CT molecular complexity index is 852. The molecule has 0 radical (unpaired) electrons. The molecule has 0 aliphatic carbocycles. The number of nitrogens with one attached hydrogen (secondary N) is 2. The Balaban J connectivity index is 1.59. The summed E-state index contributed by atoms with van der Waals surface area (Å²) in [7, 11) is 3.16. The van der Waals surface area contributed by atoms with Gasteiger partial charge in [-0.3, -0.25) is 4.79 Å². The smallest absolute Gasteiger partial charge is 0.318 e. The first-order valence-corrected chi connectivity index (χ1v) is 9.31. The third-order valence-electron chi connectivity index (χ3n) is 4.19. The lowest BCUT2D eigenvalue weighted by molar-refractivity contribution is -0.114. The molecule has 3 amide bonds. The molecular formula is C18H22N4O4S. The molecule has 8 nitrogen and oxygen atoms in total. The number of hydrogen-bond donors (Lipinski definition) is 2. The van der Waals surface area contributed by atoms with Crippen molar-refractivity contribution in [3.05, 3.63) is 34.3 Å². The van der Waals surface area contributed by atoms with Gasteiger partial charge in [0, 0.05) is 31.3 Å². The molecule has 0 saturated carbocycles. The fourth-order valence-electron chi connectivity index (χ4n) is 2.85. The summed E-state index contributed by atoms with van der Waals surface area (Å²) < 4.78 is 10.5. The quantitative estimate of drug-likeness (QED) is 0.818. The second kappa shape index (κ2) is 8.26. The topological polar surface area (TPSA) is 92.8 Å². The maximum absolute atomic E-state index is 12.5. The Hall–Kier alpha value is -2.81. The van der Waals surface area contributed by atoms with Crippen LogP contribution < -0.4 is 20.1 Å². The molecule has 9 heteroatoms. The summed E-state index contributed by atoms with van der Waals surface area (Å²) in [5.41, 5.74) is 1.87. The van der Waals surface area contributed by atoms with E-state index in [1.165, 1.54) is 18.3 Å². The Kier molecular flexibility index (Phi) is 5.80. The van der Waals surface area contributed by atoms with Crippen LogP contribution >= 0.6 is 11.3 Å². The second-order valence-electron chi connectivity index (χ2n) is 6.09. The highest BCUT2D eigenvalue weighted by Gasteiger charge is 2.24. The molecule has 1 aromatic carbocycles. The molecule has 0 spiro atoms. The van der Waals surface area contributed by atoms with E-state index in [4.69, 9.17) is 9.47 Å². The third-order valence-corrected chi connectivity index (χ3v) is 5.19. The maximum atomic E-state index is 12.5. The fraction of sp³-hybridized carbons (Fsp3) is 0.389. The van der Waals surface area contributed by atoms with Crippen LogP contribution in [-0.2, 0) is 24.3 Å². The zero-order valence-electron chi connectivity index (χ0n) is 15.5. The lowest BCUT2D eigenvalue weighted by atomic mass is 10.2. The number of carbonyl (C=O) groups is 2. The van der Waals surface area contributed by atoms with Crippen LogP contribution in [0, 0.1) is 0 Å². The third kappa shape index (κ3) is 4.48. The van der Waals surface area contributed by atoms with E-state index >= 15 is 0 Å². The molecule has 2 heterocycles. The van der Waals surface area contributed by atoms with Crippen LogP contribution in [0.1, 0.15) is 23.1 Å². The summed E-state index contributed by atoms with van der Waals surface area (Å²) in [6.45, 7) is 2.93. The second-order valence-corrected chi connectivity index (χ2v) is 7.17. The van der Waals surface area contributed by atoms with Gasteiger partial charge < -0.3 is 25.0 Å². The SMILES string of the molecule is COc1ccc(CNC(=O)N2CCc3nc(NC(C)=O)sc3C2)cc1OC. The molecule has 0 bridgehead atoms. The van der Waals surface area contributed by atoms with E-state index in [2.05, 4.69) is 15.6 Å². The van der Waals surface area contributed by atoms with E-state index in [1.807, 2.05) is 18.2 Å². The van der Waals surface area contributed by atoms with E-state index < -0.39 is 0 Å². The molecule has 1 aromatic heterocycles. The zero-order chi connectivity index (χ0) is 19.4. The molecule has 144 valence electrons. The monoisotopic (exact) mass is 390 g/mol. The molecule has 2 aromatic rings. The van der Waals surface area contributed by atoms with Crippen LogP contribution in [-0.4, -0.2) is 42.6 Å². The molecule has 0 unspecified atom stereocenters. The van der Waals surface area contributed by atoms with Crippen molar-refractivity contribution >= 4 is 28.4 Å². The number of anilines is 1. The summed E-state index contributed by atoms with van der Waals surface area (Å²) in [5.74, 6) is 1.13. The number of carbonyl (C=O) groups excluding carboxylic acids is 2. The molecule has 1 aliphatic heterocycles. The van der Waals surface area contributed by atoms with Crippen LogP contribution in [0.15, 0.2) is 18.2 Å². The summed E-state index contributed by atoms with van der Waals surface area (Å²) >= 11 is 1.41. The number of nitrogens with zero attached hydrogens (tertiary/aromatic N) is 2. The first kappa shape index (κ1) is 19.0. The Morgan fingerprint density at radius 2 is 2.04 bits per heavy atom. The number of hydrogen-bond acceptors (Lipinski definition) is 6. The van der Waals surface area contributed by atoms with Gasteiger partial charge in [0.15, 0.2) is 16.6 Å². The molecule has 0 fully saturated rings. The van der Waals surface area contributed by atoms with Gasteiger partial charge in [0.1, 0.15) is 0 Å². The lowest BCUT2D eigenvalue weighted by Gasteiger charge is -2.26. The first-order valence-electron chi connectivity index (χ1n) is 8.50. The highest BCUT2D eigenvalue weighted by atomic mass is 32.1. The van der Waals surface area contributed by atoms with E-state index in [9.17, 15) is 9.59 Å². The molecule has 1 aliphatic rings. The number of ether oxygens (including phenoxy) is 2. The number of fused-ring (bicyclic) bond motifs is 1. The summed E-state index contributed by atoms with van der Waals surface area (Å²) in [5, 5.41) is 6.22. The lowest BCUT2D eigenvalue weighted by Crippen LogP contribution is -2.42. The maximum Gasteiger partial charge on any atom is 0.318 e.